The number of aliphatic hydroxyl groups is 1. The number of hydrogen-bond donors (Lipinski definition) is 3. The quantitative estimate of drug-likeness (QED) is 0.598. The maximum atomic E-state index is 12.0. The summed E-state index contributed by atoms with van der Waals surface area (Å²) in [7, 11) is 0. The Morgan fingerprint density at radius 2 is 2.00 bits per heavy atom. The van der Waals surface area contributed by atoms with E-state index in [0.29, 0.717) is 19.1 Å². The highest BCUT2D eigenvalue weighted by Gasteiger charge is 2.31. The molecule has 2 saturated heterocycles. The van der Waals surface area contributed by atoms with Crippen LogP contribution in [-0.4, -0.2) is 90.1 Å². The minimum Gasteiger partial charge on any atom is -0.479 e. The fourth-order valence-corrected chi connectivity index (χ4v) is 2.72. The number of nitrogens with one attached hydrogen (secondary N) is 1. The van der Waals surface area contributed by atoms with Crippen LogP contribution in [0.4, 0.5) is 4.79 Å². The van der Waals surface area contributed by atoms with Gasteiger partial charge < -0.3 is 25.2 Å². The molecule has 0 radical (unpaired) electrons. The number of rotatable bonds is 5. The Hall–Kier alpha value is -1.38. The fraction of sp³-hybridized carbons (Fsp3) is 0.846. The lowest BCUT2D eigenvalue weighted by molar-refractivity contribution is -0.146. The molecule has 8 nitrogen and oxygen atoms in total. The van der Waals surface area contributed by atoms with Crippen LogP contribution in [0, 0.1) is 0 Å². The zero-order valence-electron chi connectivity index (χ0n) is 12.0. The van der Waals surface area contributed by atoms with Gasteiger partial charge in [0.2, 0.25) is 0 Å². The zero-order chi connectivity index (χ0) is 15.2. The summed E-state index contributed by atoms with van der Waals surface area (Å²) in [6.45, 7) is 4.86. The average Bonchev–Trinajstić information content (AvgIpc) is 2.97. The molecule has 0 bridgehead atoms. The van der Waals surface area contributed by atoms with Crippen molar-refractivity contribution in [2.75, 3.05) is 45.9 Å². The molecule has 2 heterocycles. The molecule has 0 aromatic carbocycles. The number of likely N-dealkylation sites (tertiary alicyclic amines) is 1. The molecule has 2 aliphatic rings. The molecule has 2 atom stereocenters. The van der Waals surface area contributed by atoms with Crippen molar-refractivity contribution in [3.05, 3.63) is 0 Å². The van der Waals surface area contributed by atoms with Gasteiger partial charge in [-0.3, -0.25) is 4.90 Å². The number of amides is 2. The van der Waals surface area contributed by atoms with E-state index < -0.39 is 12.1 Å². The number of urea groups is 1. The van der Waals surface area contributed by atoms with E-state index in [4.69, 9.17) is 14.9 Å². The van der Waals surface area contributed by atoms with Crippen molar-refractivity contribution in [1.29, 1.82) is 0 Å². The molecule has 0 aliphatic carbocycles. The maximum Gasteiger partial charge on any atom is 0.332 e. The van der Waals surface area contributed by atoms with Gasteiger partial charge in [0.25, 0.3) is 0 Å². The predicted molar refractivity (Wildman–Crippen MR) is 74.0 cm³/mol. The predicted octanol–water partition coefficient (Wildman–Crippen LogP) is -1.06. The topological polar surface area (TPSA) is 102 Å². The summed E-state index contributed by atoms with van der Waals surface area (Å²) in [5.74, 6) is -1.27. The summed E-state index contributed by atoms with van der Waals surface area (Å²) in [6, 6.07) is 0.188. The number of nitrogens with zero attached hydrogens (tertiary/aromatic N) is 2. The largest absolute Gasteiger partial charge is 0.479 e. The summed E-state index contributed by atoms with van der Waals surface area (Å²) in [5.41, 5.74) is 0. The SMILES string of the molecule is O=C(O)C(O)CCNC(=O)N1CCC(N2CCOCC2)C1. The van der Waals surface area contributed by atoms with Gasteiger partial charge >= 0.3 is 12.0 Å². The first-order chi connectivity index (χ1) is 10.1. The molecule has 3 N–H and O–H groups in total. The molecule has 0 aromatic rings. The Labute approximate surface area is 123 Å². The number of aliphatic carboxylic acids is 1. The van der Waals surface area contributed by atoms with Crippen molar-refractivity contribution in [2.24, 2.45) is 0 Å². The van der Waals surface area contributed by atoms with E-state index >= 15 is 0 Å². The normalized spacial score (nSPS) is 24.8. The van der Waals surface area contributed by atoms with Crippen molar-refractivity contribution < 1.29 is 24.5 Å². The standard InChI is InChI=1S/C13H23N3O5/c17-11(12(18)19)1-3-14-13(20)16-4-2-10(9-16)15-5-7-21-8-6-15/h10-11,17H,1-9H2,(H,14,20)(H,18,19). The number of carbonyl (C=O) groups is 2. The lowest BCUT2D eigenvalue weighted by Crippen LogP contribution is -2.46. The summed E-state index contributed by atoms with van der Waals surface area (Å²) < 4.78 is 5.32. The third-order valence-electron chi connectivity index (χ3n) is 3.99. The van der Waals surface area contributed by atoms with Gasteiger partial charge in [-0.1, -0.05) is 0 Å². The number of ether oxygens (including phenoxy) is 1. The van der Waals surface area contributed by atoms with Gasteiger partial charge in [-0.05, 0) is 6.42 Å². The minimum atomic E-state index is -1.43. The molecule has 2 unspecified atom stereocenters. The smallest absolute Gasteiger partial charge is 0.332 e. The lowest BCUT2D eigenvalue weighted by atomic mass is 10.2. The Morgan fingerprint density at radius 1 is 1.29 bits per heavy atom. The van der Waals surface area contributed by atoms with Crippen LogP contribution in [0.15, 0.2) is 0 Å². The summed E-state index contributed by atoms with van der Waals surface area (Å²) in [6.07, 6.45) is -0.461. The number of hydrogen-bond acceptors (Lipinski definition) is 5. The van der Waals surface area contributed by atoms with E-state index in [-0.39, 0.29) is 19.0 Å². The van der Waals surface area contributed by atoms with Gasteiger partial charge in [-0.2, -0.15) is 0 Å². The highest BCUT2D eigenvalue weighted by molar-refractivity contribution is 5.75. The average molecular weight is 301 g/mol. The Balaban J connectivity index is 1.68. The van der Waals surface area contributed by atoms with Crippen LogP contribution >= 0.6 is 0 Å². The van der Waals surface area contributed by atoms with Crippen LogP contribution in [0.25, 0.3) is 0 Å². The number of morpholine rings is 1. The van der Waals surface area contributed by atoms with Gasteiger partial charge in [0.1, 0.15) is 0 Å². The molecule has 2 amide bonds. The molecule has 2 rings (SSSR count). The number of carboxylic acids is 1. The monoisotopic (exact) mass is 301 g/mol. The van der Waals surface area contributed by atoms with Gasteiger partial charge in [0.05, 0.1) is 13.2 Å². The first-order valence-corrected chi connectivity index (χ1v) is 7.33. The summed E-state index contributed by atoms with van der Waals surface area (Å²) >= 11 is 0. The second kappa shape index (κ2) is 7.58. The maximum absolute atomic E-state index is 12.0. The van der Waals surface area contributed by atoms with Crippen LogP contribution in [-0.2, 0) is 9.53 Å². The molecule has 8 heteroatoms. The van der Waals surface area contributed by atoms with Crippen LogP contribution in [0.2, 0.25) is 0 Å². The molecule has 0 spiro atoms. The van der Waals surface area contributed by atoms with Gasteiger partial charge in [-0.15, -0.1) is 0 Å². The second-order valence-electron chi connectivity index (χ2n) is 5.41. The molecule has 2 fully saturated rings. The molecule has 120 valence electrons. The van der Waals surface area contributed by atoms with Crippen molar-refractivity contribution in [3.8, 4) is 0 Å². The van der Waals surface area contributed by atoms with E-state index in [1.54, 1.807) is 4.90 Å². The van der Waals surface area contributed by atoms with Crippen LogP contribution in [0.3, 0.4) is 0 Å². The summed E-state index contributed by atoms with van der Waals surface area (Å²) in [4.78, 5) is 26.5. The van der Waals surface area contributed by atoms with Crippen LogP contribution in [0.5, 0.6) is 0 Å². The van der Waals surface area contributed by atoms with E-state index in [1.807, 2.05) is 0 Å². The van der Waals surface area contributed by atoms with Crippen LogP contribution in [0.1, 0.15) is 12.8 Å². The fourth-order valence-electron chi connectivity index (χ4n) is 2.72. The molecule has 2 aliphatic heterocycles. The third-order valence-corrected chi connectivity index (χ3v) is 3.99. The lowest BCUT2D eigenvalue weighted by Gasteiger charge is -2.32. The van der Waals surface area contributed by atoms with Crippen molar-refractivity contribution in [3.63, 3.8) is 0 Å². The van der Waals surface area contributed by atoms with Gasteiger partial charge in [-0.25, -0.2) is 9.59 Å². The first-order valence-electron chi connectivity index (χ1n) is 7.33. The second-order valence-corrected chi connectivity index (χ2v) is 5.41. The Kier molecular flexibility index (Phi) is 5.77. The number of carbonyl (C=O) groups excluding carboxylic acids is 1. The third kappa shape index (κ3) is 4.55. The van der Waals surface area contributed by atoms with Gasteiger partial charge in [0.15, 0.2) is 6.10 Å². The minimum absolute atomic E-state index is 0.0157. The highest BCUT2D eigenvalue weighted by atomic mass is 16.5. The molecule has 0 aromatic heterocycles. The molecule has 21 heavy (non-hydrogen) atoms. The van der Waals surface area contributed by atoms with Crippen LogP contribution < -0.4 is 5.32 Å². The zero-order valence-corrected chi connectivity index (χ0v) is 12.0. The Bertz CT molecular complexity index is 373. The molecular formula is C13H23N3O5. The molecular weight excluding hydrogens is 278 g/mol. The number of carboxylic acid groups (broad SMARTS) is 1. The number of aliphatic hydroxyl groups excluding tert-OH is 1. The van der Waals surface area contributed by atoms with E-state index in [0.717, 1.165) is 32.7 Å². The molecule has 0 saturated carbocycles. The first kappa shape index (κ1) is 16.0. The van der Waals surface area contributed by atoms with Gasteiger partial charge in [0, 0.05) is 45.2 Å². The van der Waals surface area contributed by atoms with Crippen molar-refractivity contribution in [1.82, 2.24) is 15.1 Å². The van der Waals surface area contributed by atoms with E-state index in [1.165, 1.54) is 0 Å². The van der Waals surface area contributed by atoms with E-state index in [9.17, 15) is 9.59 Å². The van der Waals surface area contributed by atoms with Crippen molar-refractivity contribution >= 4 is 12.0 Å². The van der Waals surface area contributed by atoms with Crippen molar-refractivity contribution in [2.45, 2.75) is 25.0 Å². The summed E-state index contributed by atoms with van der Waals surface area (Å²) in [5, 5.41) is 20.3. The Morgan fingerprint density at radius 3 is 2.67 bits per heavy atom. The van der Waals surface area contributed by atoms with E-state index in [2.05, 4.69) is 10.2 Å². The highest BCUT2D eigenvalue weighted by Crippen LogP contribution is 2.16.